The smallest absolute Gasteiger partial charge is 0.490 e. The first-order valence-corrected chi connectivity index (χ1v) is 14.2. The van der Waals surface area contributed by atoms with Crippen molar-refractivity contribution in [1.82, 2.24) is 10.2 Å². The van der Waals surface area contributed by atoms with Crippen LogP contribution in [0.2, 0.25) is 0 Å². The fourth-order valence-corrected chi connectivity index (χ4v) is 5.27. The van der Waals surface area contributed by atoms with Crippen LogP contribution in [0, 0.1) is 5.41 Å². The molecule has 45 heavy (non-hydrogen) atoms. The van der Waals surface area contributed by atoms with Crippen LogP contribution in [0.15, 0.2) is 24.3 Å². The molecule has 0 spiro atoms. The number of methoxy groups -OCH3 is 1. The highest BCUT2D eigenvalue weighted by Crippen LogP contribution is 2.41. The maximum Gasteiger partial charge on any atom is 0.490 e. The number of ketones is 1. The van der Waals surface area contributed by atoms with Gasteiger partial charge in [-0.15, -0.1) is 0 Å². The van der Waals surface area contributed by atoms with Gasteiger partial charge in [-0.05, 0) is 41.7 Å². The minimum absolute atomic E-state index is 0.0398. The molecular formula is C31H40F3N5O6. The number of hydrogen-bond donors (Lipinski definition) is 4. The molecule has 2 aromatic carbocycles. The molecule has 0 aromatic heterocycles. The molecule has 0 bridgehead atoms. The van der Waals surface area contributed by atoms with Gasteiger partial charge >= 0.3 is 12.1 Å². The van der Waals surface area contributed by atoms with Crippen molar-refractivity contribution in [3.8, 4) is 5.75 Å². The number of fused-ring (bicyclic) bond motifs is 1. The number of nitrogens with one attached hydrogen (secondary N) is 2. The van der Waals surface area contributed by atoms with E-state index in [1.165, 1.54) is 0 Å². The molecule has 0 aliphatic carbocycles. The molecule has 1 saturated heterocycles. The van der Waals surface area contributed by atoms with Gasteiger partial charge in [0.15, 0.2) is 5.78 Å². The monoisotopic (exact) mass is 635 g/mol. The van der Waals surface area contributed by atoms with E-state index in [0.29, 0.717) is 42.7 Å². The van der Waals surface area contributed by atoms with E-state index in [4.69, 9.17) is 20.0 Å². The van der Waals surface area contributed by atoms with Crippen LogP contribution in [0.3, 0.4) is 0 Å². The van der Waals surface area contributed by atoms with Crippen molar-refractivity contribution in [2.24, 2.45) is 0 Å². The zero-order valence-electron chi connectivity index (χ0n) is 26.4. The highest BCUT2D eigenvalue weighted by atomic mass is 19.4. The highest BCUT2D eigenvalue weighted by molar-refractivity contribution is 6.08. The van der Waals surface area contributed by atoms with Gasteiger partial charge in [0.2, 0.25) is 0 Å². The molecule has 1 atom stereocenters. The van der Waals surface area contributed by atoms with Crippen molar-refractivity contribution in [3.05, 3.63) is 52.1 Å². The number of halogens is 3. The fourth-order valence-electron chi connectivity index (χ4n) is 5.27. The van der Waals surface area contributed by atoms with Crippen LogP contribution in [-0.4, -0.2) is 98.8 Å². The highest BCUT2D eigenvalue weighted by Gasteiger charge is 2.38. The number of carbonyl (C=O) groups excluding carboxylic acids is 2. The summed E-state index contributed by atoms with van der Waals surface area (Å²) in [7, 11) is 6.98. The first-order valence-electron chi connectivity index (χ1n) is 14.2. The lowest BCUT2D eigenvalue weighted by atomic mass is 9.84. The van der Waals surface area contributed by atoms with Crippen LogP contribution < -0.4 is 19.9 Å². The number of carboxylic acids is 1. The number of ether oxygens (including phenoxy) is 1. The van der Waals surface area contributed by atoms with Crippen molar-refractivity contribution < 1.29 is 42.5 Å². The summed E-state index contributed by atoms with van der Waals surface area (Å²) in [6, 6.07) is 7.44. The average Bonchev–Trinajstić information content (AvgIpc) is 3.52. The largest absolute Gasteiger partial charge is 0.494 e. The van der Waals surface area contributed by atoms with Crippen molar-refractivity contribution in [2.75, 3.05) is 57.7 Å². The number of benzene rings is 2. The predicted octanol–water partition coefficient (Wildman–Crippen LogP) is 3.65. The third-order valence-corrected chi connectivity index (χ3v) is 7.59. The molecule has 1 unspecified atom stereocenters. The standard InChI is InChI=1S/C29H39N5O4.C2HF3O2/c1-29(2,3)22-10-17(11-24(26(22)38-7)33-9-8-19(35)15-33)25(36)16-34-14-18-12-23(32(5)6)21(28(37)31-4)13-20(18)27(34)30;3-2(4,5)1(6)7/h10-13,19,30,35H,8-9,14-16H2,1-7H3,(H,31,37);(H,6,7). The van der Waals surface area contributed by atoms with Crippen LogP contribution in [0.5, 0.6) is 5.75 Å². The van der Waals surface area contributed by atoms with E-state index >= 15 is 0 Å². The molecule has 2 aliphatic rings. The number of alkyl halides is 3. The number of aliphatic hydroxyl groups excluding tert-OH is 1. The minimum atomic E-state index is -5.08. The Morgan fingerprint density at radius 3 is 2.22 bits per heavy atom. The molecule has 2 aromatic rings. The minimum Gasteiger partial charge on any atom is -0.494 e. The predicted molar refractivity (Wildman–Crippen MR) is 164 cm³/mol. The molecule has 1 amide bonds. The molecule has 246 valence electrons. The molecule has 4 N–H and O–H groups in total. The van der Waals surface area contributed by atoms with Crippen LogP contribution in [-0.2, 0) is 16.8 Å². The third-order valence-electron chi connectivity index (χ3n) is 7.59. The second-order valence-corrected chi connectivity index (χ2v) is 12.1. The summed E-state index contributed by atoms with van der Waals surface area (Å²) in [4.78, 5) is 40.8. The lowest BCUT2D eigenvalue weighted by Gasteiger charge is -2.29. The summed E-state index contributed by atoms with van der Waals surface area (Å²) < 4.78 is 37.6. The number of hydrogen-bond acceptors (Lipinski definition) is 8. The summed E-state index contributed by atoms with van der Waals surface area (Å²) in [5.74, 6) is -2.12. The van der Waals surface area contributed by atoms with Crippen LogP contribution in [0.4, 0.5) is 24.5 Å². The Kier molecular flexibility index (Phi) is 10.4. The summed E-state index contributed by atoms with van der Waals surface area (Å²) in [5.41, 5.74) is 4.86. The maximum atomic E-state index is 13.7. The zero-order valence-corrected chi connectivity index (χ0v) is 26.4. The van der Waals surface area contributed by atoms with Gasteiger partial charge in [0.25, 0.3) is 5.91 Å². The third kappa shape index (κ3) is 7.85. The van der Waals surface area contributed by atoms with Gasteiger partial charge in [-0.25, -0.2) is 4.79 Å². The fraction of sp³-hybridized carbons (Fsp3) is 0.484. The number of carboxylic acid groups (broad SMARTS) is 1. The lowest BCUT2D eigenvalue weighted by molar-refractivity contribution is -0.192. The molecule has 0 saturated carbocycles. The number of anilines is 2. The number of aliphatic carboxylic acids is 1. The summed E-state index contributed by atoms with van der Waals surface area (Å²) in [6.07, 6.45) is -4.82. The summed E-state index contributed by atoms with van der Waals surface area (Å²) >= 11 is 0. The molecule has 11 nitrogen and oxygen atoms in total. The van der Waals surface area contributed by atoms with Crippen LogP contribution in [0.25, 0.3) is 0 Å². The zero-order chi connectivity index (χ0) is 34.0. The number of nitrogens with zero attached hydrogens (tertiary/aromatic N) is 3. The molecule has 2 aliphatic heterocycles. The van der Waals surface area contributed by atoms with E-state index in [2.05, 4.69) is 31.0 Å². The number of amides is 1. The second kappa shape index (κ2) is 13.3. The van der Waals surface area contributed by atoms with Gasteiger partial charge in [0, 0.05) is 63.2 Å². The number of rotatable bonds is 7. The molecule has 2 heterocycles. The van der Waals surface area contributed by atoms with Crippen molar-refractivity contribution in [1.29, 1.82) is 5.41 Å². The molecule has 4 rings (SSSR count). The van der Waals surface area contributed by atoms with Crippen molar-refractivity contribution >= 4 is 34.9 Å². The van der Waals surface area contributed by atoms with E-state index in [1.54, 1.807) is 25.1 Å². The first-order chi connectivity index (χ1) is 20.8. The number of aliphatic hydroxyl groups is 1. The van der Waals surface area contributed by atoms with Gasteiger partial charge < -0.3 is 35.0 Å². The normalized spacial score (nSPS) is 16.2. The quantitative estimate of drug-likeness (QED) is 0.335. The average molecular weight is 636 g/mol. The van der Waals surface area contributed by atoms with E-state index in [-0.39, 0.29) is 29.5 Å². The lowest BCUT2D eigenvalue weighted by Crippen LogP contribution is -2.31. The van der Waals surface area contributed by atoms with Crippen molar-refractivity contribution in [3.63, 3.8) is 0 Å². The van der Waals surface area contributed by atoms with Gasteiger partial charge in [-0.3, -0.25) is 15.0 Å². The molecule has 14 heteroatoms. The Bertz CT molecular complexity index is 1490. The SMILES string of the molecule is CNC(=O)c1cc2c(cc1N(C)C)CN(CC(=O)c1cc(N3CCC(O)C3)c(OC)c(C(C)(C)C)c1)C2=N.O=C(O)C(F)(F)F. The Balaban J connectivity index is 0.000000707. The van der Waals surface area contributed by atoms with E-state index in [9.17, 15) is 27.9 Å². The Labute approximate surface area is 260 Å². The second-order valence-electron chi connectivity index (χ2n) is 12.1. The molecule has 0 radical (unpaired) electrons. The number of carbonyl (C=O) groups is 3. The van der Waals surface area contributed by atoms with Gasteiger partial charge in [-0.2, -0.15) is 13.2 Å². The summed E-state index contributed by atoms with van der Waals surface area (Å²) in [5, 5.41) is 28.7. The van der Waals surface area contributed by atoms with Gasteiger partial charge in [-0.1, -0.05) is 20.8 Å². The van der Waals surface area contributed by atoms with E-state index in [1.807, 2.05) is 37.2 Å². The maximum absolute atomic E-state index is 13.7. The van der Waals surface area contributed by atoms with E-state index in [0.717, 1.165) is 28.3 Å². The van der Waals surface area contributed by atoms with Gasteiger partial charge in [0.1, 0.15) is 11.6 Å². The van der Waals surface area contributed by atoms with Crippen LogP contribution in [0.1, 0.15) is 64.6 Å². The molecule has 1 fully saturated rings. The first kappa shape index (κ1) is 35.2. The summed E-state index contributed by atoms with van der Waals surface area (Å²) in [6.45, 7) is 7.89. The number of Topliss-reactive ketones (excluding diaryl/α,β-unsaturated/α-hetero) is 1. The Morgan fingerprint density at radius 1 is 1.13 bits per heavy atom. The Hall–Kier alpha value is -4.33. The topological polar surface area (TPSA) is 146 Å². The van der Waals surface area contributed by atoms with Crippen LogP contribution >= 0.6 is 0 Å². The Morgan fingerprint density at radius 2 is 1.76 bits per heavy atom. The molecular weight excluding hydrogens is 595 g/mol. The number of amidine groups is 1. The number of β-amino-alcohol motifs (C(OH)–C–C–N with tert-alkyl or cyclic N) is 1. The van der Waals surface area contributed by atoms with E-state index < -0.39 is 18.2 Å². The van der Waals surface area contributed by atoms with Gasteiger partial charge in [0.05, 0.1) is 31.0 Å². The van der Waals surface area contributed by atoms with Crippen molar-refractivity contribution in [2.45, 2.75) is 51.4 Å².